The molecule has 8 aromatic rings. The van der Waals surface area contributed by atoms with E-state index >= 15 is 0 Å². The fourth-order valence-corrected chi connectivity index (χ4v) is 6.83. The monoisotopic (exact) mass is 496 g/mol. The van der Waals surface area contributed by atoms with Crippen molar-refractivity contribution in [3.63, 3.8) is 0 Å². The average molecular weight is 497 g/mol. The van der Waals surface area contributed by atoms with Crippen LogP contribution >= 0.6 is 0 Å². The lowest BCUT2D eigenvalue weighted by molar-refractivity contribution is 1.27. The van der Waals surface area contributed by atoms with Crippen LogP contribution in [0.25, 0.3) is 71.1 Å². The van der Waals surface area contributed by atoms with Gasteiger partial charge in [0.2, 0.25) is 0 Å². The number of hydrogen-bond donors (Lipinski definition) is 2. The van der Waals surface area contributed by atoms with E-state index in [2.05, 4.69) is 131 Å². The summed E-state index contributed by atoms with van der Waals surface area (Å²) in [4.78, 5) is 7.46. The summed E-state index contributed by atoms with van der Waals surface area (Å²) in [6.07, 6.45) is 3.36. The van der Waals surface area contributed by atoms with Gasteiger partial charge in [0.15, 0.2) is 0 Å². The number of benzene rings is 6. The molecule has 2 N–H and O–H groups in total. The number of hydrogen-bond acceptors (Lipinski definition) is 0. The second-order valence-electron chi connectivity index (χ2n) is 10.7. The van der Waals surface area contributed by atoms with E-state index in [0.29, 0.717) is 0 Å². The van der Waals surface area contributed by atoms with E-state index in [1.165, 1.54) is 87.8 Å². The fraction of sp³-hybridized carbons (Fsp3) is 0.0270. The number of fused-ring (bicyclic) bond motifs is 6. The van der Waals surface area contributed by atoms with Gasteiger partial charge in [-0.15, -0.1) is 0 Å². The van der Waals surface area contributed by atoms with Gasteiger partial charge < -0.3 is 9.97 Å². The lowest BCUT2D eigenvalue weighted by Gasteiger charge is -2.21. The molecule has 0 radical (unpaired) electrons. The van der Waals surface area contributed by atoms with Gasteiger partial charge in [-0.25, -0.2) is 0 Å². The number of allylic oxidation sites excluding steroid dienone is 1. The molecule has 1 aliphatic carbocycles. The summed E-state index contributed by atoms with van der Waals surface area (Å²) in [5.41, 5.74) is 12.5. The Balaban J connectivity index is 1.33. The van der Waals surface area contributed by atoms with Gasteiger partial charge >= 0.3 is 0 Å². The third-order valence-electron chi connectivity index (χ3n) is 8.56. The zero-order valence-corrected chi connectivity index (χ0v) is 21.3. The number of aromatic nitrogens is 2. The van der Waals surface area contributed by atoms with Gasteiger partial charge in [0.05, 0.1) is 11.0 Å². The van der Waals surface area contributed by atoms with Crippen LogP contribution in [0, 0.1) is 0 Å². The van der Waals surface area contributed by atoms with Crippen molar-refractivity contribution >= 4 is 60.0 Å². The topological polar surface area (TPSA) is 31.6 Å². The zero-order chi connectivity index (χ0) is 25.5. The summed E-state index contributed by atoms with van der Waals surface area (Å²) in [7, 11) is 0. The SMILES string of the molecule is C1=C(c2cccc3c2[nH]c2ccccc23)c2cc(-c3cccc4c3[nH]c3ccccc34)cc3cccc(c23)C1. The Morgan fingerprint density at radius 1 is 0.487 bits per heavy atom. The molecule has 0 spiro atoms. The minimum absolute atomic E-state index is 0.938. The van der Waals surface area contributed by atoms with Crippen LogP contribution in [0.5, 0.6) is 0 Å². The maximum atomic E-state index is 3.74. The quantitative estimate of drug-likeness (QED) is 0.239. The molecule has 0 atom stereocenters. The van der Waals surface area contributed by atoms with Gasteiger partial charge in [0, 0.05) is 43.7 Å². The standard InChI is InChI=1S/C37H24N2/c1-3-16-33-27(10-1)30-14-6-12-25(36(30)38-33)24-20-23-9-5-8-22-18-19-26(32(21-24)35(22)23)29-13-7-15-31-28-11-2-4-17-34(28)39-37(29)31/h1-17,19-21,38-39H,18H2. The second kappa shape index (κ2) is 7.72. The molecule has 182 valence electrons. The molecule has 1 aliphatic rings. The first kappa shape index (κ1) is 20.9. The van der Waals surface area contributed by atoms with Crippen LogP contribution in [0.1, 0.15) is 16.7 Å². The zero-order valence-electron chi connectivity index (χ0n) is 21.3. The molecule has 0 aliphatic heterocycles. The smallest absolute Gasteiger partial charge is 0.0544 e. The molecule has 0 bridgehead atoms. The summed E-state index contributed by atoms with van der Waals surface area (Å²) in [5.74, 6) is 0. The molecule has 0 saturated carbocycles. The van der Waals surface area contributed by atoms with Crippen LogP contribution in [0.2, 0.25) is 0 Å². The highest BCUT2D eigenvalue weighted by Crippen LogP contribution is 2.43. The van der Waals surface area contributed by atoms with Crippen LogP contribution in [0.3, 0.4) is 0 Å². The molecule has 0 unspecified atom stereocenters. The fourth-order valence-electron chi connectivity index (χ4n) is 6.83. The number of rotatable bonds is 2. The molecule has 2 nitrogen and oxygen atoms in total. The Morgan fingerprint density at radius 2 is 1.10 bits per heavy atom. The van der Waals surface area contributed by atoms with Crippen LogP contribution in [0.4, 0.5) is 0 Å². The van der Waals surface area contributed by atoms with Crippen molar-refractivity contribution < 1.29 is 0 Å². The van der Waals surface area contributed by atoms with Crippen molar-refractivity contribution in [2.24, 2.45) is 0 Å². The summed E-state index contributed by atoms with van der Waals surface area (Å²) in [6.45, 7) is 0. The first-order valence-corrected chi connectivity index (χ1v) is 13.6. The Bertz CT molecular complexity index is 2310. The highest BCUT2D eigenvalue weighted by atomic mass is 14.7. The highest BCUT2D eigenvalue weighted by Gasteiger charge is 2.21. The van der Waals surface area contributed by atoms with E-state index in [4.69, 9.17) is 0 Å². The van der Waals surface area contributed by atoms with E-state index in [-0.39, 0.29) is 0 Å². The van der Waals surface area contributed by atoms with Gasteiger partial charge in [-0.3, -0.25) is 0 Å². The first-order valence-electron chi connectivity index (χ1n) is 13.6. The van der Waals surface area contributed by atoms with Crippen molar-refractivity contribution in [1.82, 2.24) is 9.97 Å². The van der Waals surface area contributed by atoms with E-state index in [1.54, 1.807) is 0 Å². The van der Waals surface area contributed by atoms with Crippen LogP contribution in [-0.4, -0.2) is 9.97 Å². The molecule has 0 saturated heterocycles. The van der Waals surface area contributed by atoms with Gasteiger partial charge in [-0.2, -0.15) is 0 Å². The van der Waals surface area contributed by atoms with Crippen LogP contribution in [0.15, 0.2) is 121 Å². The number of para-hydroxylation sites is 4. The first-order chi connectivity index (χ1) is 19.3. The summed E-state index contributed by atoms with van der Waals surface area (Å²) >= 11 is 0. The molecule has 0 fully saturated rings. The molecular formula is C37H24N2. The molecule has 39 heavy (non-hydrogen) atoms. The maximum absolute atomic E-state index is 3.74. The molecule has 2 heteroatoms. The van der Waals surface area contributed by atoms with E-state index in [9.17, 15) is 0 Å². The van der Waals surface area contributed by atoms with Crippen molar-refractivity contribution in [3.05, 3.63) is 138 Å². The molecule has 6 aromatic carbocycles. The predicted molar refractivity (Wildman–Crippen MR) is 165 cm³/mol. The molecule has 2 aromatic heterocycles. The number of nitrogens with one attached hydrogen (secondary N) is 2. The van der Waals surface area contributed by atoms with Crippen molar-refractivity contribution in [3.8, 4) is 11.1 Å². The minimum Gasteiger partial charge on any atom is -0.354 e. The summed E-state index contributed by atoms with van der Waals surface area (Å²) in [6, 6.07) is 42.1. The van der Waals surface area contributed by atoms with Gasteiger partial charge in [-0.05, 0) is 63.7 Å². The Hall–Kier alpha value is -5.08. The number of aromatic amines is 2. The van der Waals surface area contributed by atoms with Crippen molar-refractivity contribution in [2.75, 3.05) is 0 Å². The Labute approximate surface area is 225 Å². The van der Waals surface area contributed by atoms with Crippen molar-refractivity contribution in [2.45, 2.75) is 6.42 Å². The molecular weight excluding hydrogens is 472 g/mol. The summed E-state index contributed by atoms with van der Waals surface area (Å²) < 4.78 is 0. The van der Waals surface area contributed by atoms with Gasteiger partial charge in [-0.1, -0.05) is 97.1 Å². The highest BCUT2D eigenvalue weighted by molar-refractivity contribution is 6.15. The average Bonchev–Trinajstić information content (AvgIpc) is 3.56. The van der Waals surface area contributed by atoms with E-state index in [0.717, 1.165) is 6.42 Å². The third kappa shape index (κ3) is 2.91. The predicted octanol–water partition coefficient (Wildman–Crippen LogP) is 9.76. The lowest BCUT2D eigenvalue weighted by Crippen LogP contribution is -2.01. The van der Waals surface area contributed by atoms with Gasteiger partial charge in [0.25, 0.3) is 0 Å². The van der Waals surface area contributed by atoms with E-state index < -0.39 is 0 Å². The van der Waals surface area contributed by atoms with Crippen molar-refractivity contribution in [1.29, 1.82) is 0 Å². The van der Waals surface area contributed by atoms with Crippen LogP contribution in [-0.2, 0) is 6.42 Å². The summed E-state index contributed by atoms with van der Waals surface area (Å²) in [5, 5.41) is 7.75. The Kier molecular flexibility index (Phi) is 4.14. The molecule has 9 rings (SSSR count). The van der Waals surface area contributed by atoms with Gasteiger partial charge in [0.1, 0.15) is 0 Å². The Morgan fingerprint density at radius 3 is 1.85 bits per heavy atom. The number of H-pyrrole nitrogens is 2. The third-order valence-corrected chi connectivity index (χ3v) is 8.56. The largest absolute Gasteiger partial charge is 0.354 e. The molecule has 0 amide bonds. The lowest BCUT2D eigenvalue weighted by atomic mass is 9.82. The normalized spacial score (nSPS) is 13.2. The van der Waals surface area contributed by atoms with E-state index in [1.807, 2.05) is 0 Å². The second-order valence-corrected chi connectivity index (χ2v) is 10.7. The van der Waals surface area contributed by atoms with Crippen LogP contribution < -0.4 is 0 Å². The minimum atomic E-state index is 0.938. The molecule has 2 heterocycles. The maximum Gasteiger partial charge on any atom is 0.0544 e.